The van der Waals surface area contributed by atoms with Gasteiger partial charge in [0, 0.05) is 22.8 Å². The van der Waals surface area contributed by atoms with E-state index in [-0.39, 0.29) is 16.8 Å². The lowest BCUT2D eigenvalue weighted by Crippen LogP contribution is -2.40. The number of anilines is 1. The van der Waals surface area contributed by atoms with Crippen molar-refractivity contribution >= 4 is 33.2 Å². The van der Waals surface area contributed by atoms with Crippen LogP contribution in [0.3, 0.4) is 0 Å². The highest BCUT2D eigenvalue weighted by Crippen LogP contribution is 2.31. The van der Waals surface area contributed by atoms with Crippen LogP contribution in [-0.4, -0.2) is 26.4 Å². The molecule has 140 valence electrons. The molecule has 0 radical (unpaired) electrons. The van der Waals surface area contributed by atoms with E-state index in [1.807, 2.05) is 6.07 Å². The van der Waals surface area contributed by atoms with Crippen molar-refractivity contribution in [2.75, 3.05) is 11.4 Å². The molecule has 0 aliphatic carbocycles. The van der Waals surface area contributed by atoms with Crippen molar-refractivity contribution in [3.63, 3.8) is 0 Å². The molecule has 0 spiro atoms. The molecule has 1 aliphatic rings. The highest BCUT2D eigenvalue weighted by Gasteiger charge is 2.29. The van der Waals surface area contributed by atoms with Gasteiger partial charge in [-0.05, 0) is 69.5 Å². The summed E-state index contributed by atoms with van der Waals surface area (Å²) in [4.78, 5) is 14.5. The molecule has 1 aliphatic heterocycles. The third-order valence-electron chi connectivity index (χ3n) is 3.90. The van der Waals surface area contributed by atoms with Crippen LogP contribution in [0.15, 0.2) is 39.8 Å². The van der Waals surface area contributed by atoms with Crippen LogP contribution in [-0.2, 0) is 16.4 Å². The largest absolute Gasteiger partial charge is 0.438 e. The van der Waals surface area contributed by atoms with Crippen LogP contribution in [0.2, 0.25) is 5.02 Å². The first-order chi connectivity index (χ1) is 12.1. The average Bonchev–Trinajstić information content (AvgIpc) is 3.02. The Balaban J connectivity index is 1.88. The maximum absolute atomic E-state index is 12.9. The summed E-state index contributed by atoms with van der Waals surface area (Å²) in [6.45, 7) is 5.73. The maximum atomic E-state index is 12.9. The number of nitrogens with one attached hydrogen (secondary N) is 1. The van der Waals surface area contributed by atoms with Crippen molar-refractivity contribution in [2.45, 2.75) is 44.2 Å². The molecule has 1 aromatic heterocycles. The smallest absolute Gasteiger partial charge is 0.294 e. The first-order valence-corrected chi connectivity index (χ1v) is 10.2. The van der Waals surface area contributed by atoms with Gasteiger partial charge < -0.3 is 9.32 Å². The maximum Gasteiger partial charge on any atom is 0.294 e. The SMILES string of the molecule is CC(C)(C)NS(=O)(=O)c1ccc(C(=O)N2CCCc3cc(Cl)ccc32)o1. The summed E-state index contributed by atoms with van der Waals surface area (Å²) in [6.07, 6.45) is 1.64. The number of fused-ring (bicyclic) bond motifs is 1. The number of aryl methyl sites for hydroxylation is 1. The first-order valence-electron chi connectivity index (χ1n) is 8.31. The Bertz CT molecular complexity index is 944. The summed E-state index contributed by atoms with van der Waals surface area (Å²) >= 11 is 6.03. The third kappa shape index (κ3) is 3.95. The van der Waals surface area contributed by atoms with Crippen LogP contribution in [0.5, 0.6) is 0 Å². The van der Waals surface area contributed by atoms with Gasteiger partial charge in [0.2, 0.25) is 5.09 Å². The minimum absolute atomic E-state index is 0.0120. The van der Waals surface area contributed by atoms with Gasteiger partial charge in [0.05, 0.1) is 0 Å². The predicted molar refractivity (Wildman–Crippen MR) is 100 cm³/mol. The molecule has 0 atom stereocenters. The molecule has 26 heavy (non-hydrogen) atoms. The van der Waals surface area contributed by atoms with Crippen LogP contribution in [0.25, 0.3) is 0 Å². The van der Waals surface area contributed by atoms with E-state index in [0.717, 1.165) is 24.1 Å². The van der Waals surface area contributed by atoms with Gasteiger partial charge in [-0.2, -0.15) is 0 Å². The van der Waals surface area contributed by atoms with Gasteiger partial charge >= 0.3 is 0 Å². The fourth-order valence-electron chi connectivity index (χ4n) is 2.94. The predicted octanol–water partition coefficient (Wildman–Crippen LogP) is 3.60. The number of nitrogens with zero attached hydrogens (tertiary/aromatic N) is 1. The van der Waals surface area contributed by atoms with E-state index >= 15 is 0 Å². The van der Waals surface area contributed by atoms with E-state index in [1.54, 1.807) is 37.8 Å². The van der Waals surface area contributed by atoms with Crippen molar-refractivity contribution < 1.29 is 17.6 Å². The molecule has 3 rings (SSSR count). The van der Waals surface area contributed by atoms with Crippen molar-refractivity contribution in [1.82, 2.24) is 4.72 Å². The van der Waals surface area contributed by atoms with Crippen LogP contribution < -0.4 is 9.62 Å². The van der Waals surface area contributed by atoms with Gasteiger partial charge in [-0.15, -0.1) is 0 Å². The Morgan fingerprint density at radius 3 is 2.65 bits per heavy atom. The minimum Gasteiger partial charge on any atom is -0.438 e. The Kier molecular flexibility index (Phi) is 4.90. The molecule has 1 aromatic carbocycles. The second-order valence-corrected chi connectivity index (χ2v) is 9.36. The zero-order valence-corrected chi connectivity index (χ0v) is 16.4. The monoisotopic (exact) mass is 396 g/mol. The molecule has 0 saturated carbocycles. The molecule has 0 saturated heterocycles. The number of carbonyl (C=O) groups excluding carboxylic acids is 1. The van der Waals surface area contributed by atoms with Gasteiger partial charge in [-0.3, -0.25) is 4.79 Å². The molecule has 2 heterocycles. The molecule has 1 N–H and O–H groups in total. The van der Waals surface area contributed by atoms with Crippen molar-refractivity contribution in [3.8, 4) is 0 Å². The fraction of sp³-hybridized carbons (Fsp3) is 0.389. The highest BCUT2D eigenvalue weighted by atomic mass is 35.5. The quantitative estimate of drug-likeness (QED) is 0.859. The second kappa shape index (κ2) is 6.72. The summed E-state index contributed by atoms with van der Waals surface area (Å²) in [5.41, 5.74) is 1.12. The number of rotatable bonds is 3. The molecule has 0 unspecified atom stereocenters. The van der Waals surface area contributed by atoms with Gasteiger partial charge in [-0.1, -0.05) is 11.6 Å². The van der Waals surface area contributed by atoms with Crippen LogP contribution in [0, 0.1) is 0 Å². The van der Waals surface area contributed by atoms with E-state index in [2.05, 4.69) is 4.72 Å². The van der Waals surface area contributed by atoms with Crippen LogP contribution in [0.1, 0.15) is 43.3 Å². The number of furan rings is 1. The fourth-order valence-corrected chi connectivity index (χ4v) is 4.49. The highest BCUT2D eigenvalue weighted by molar-refractivity contribution is 7.89. The zero-order chi connectivity index (χ0) is 19.1. The normalized spacial score (nSPS) is 15.0. The minimum atomic E-state index is -3.83. The number of benzene rings is 1. The summed E-state index contributed by atoms with van der Waals surface area (Å²) in [5.74, 6) is -0.382. The summed E-state index contributed by atoms with van der Waals surface area (Å²) < 4.78 is 32.6. The van der Waals surface area contributed by atoms with Crippen molar-refractivity contribution in [1.29, 1.82) is 0 Å². The number of sulfonamides is 1. The van der Waals surface area contributed by atoms with Gasteiger partial charge in [-0.25, -0.2) is 13.1 Å². The number of carbonyl (C=O) groups is 1. The topological polar surface area (TPSA) is 79.6 Å². The first kappa shape index (κ1) is 18.9. The number of hydrogen-bond donors (Lipinski definition) is 1. The van der Waals surface area contributed by atoms with E-state index in [4.69, 9.17) is 16.0 Å². The Hall–Kier alpha value is -1.83. The standard InChI is InChI=1S/C18H21ClN2O4S/c1-18(2,3)20-26(23,24)16-9-8-15(25-16)17(22)21-10-4-5-12-11-13(19)6-7-14(12)21/h6-9,11,20H,4-5,10H2,1-3H3. The van der Waals surface area contributed by atoms with E-state index < -0.39 is 15.6 Å². The average molecular weight is 397 g/mol. The molecule has 2 aromatic rings. The van der Waals surface area contributed by atoms with E-state index in [0.29, 0.717) is 11.6 Å². The lowest BCUT2D eigenvalue weighted by molar-refractivity contribution is 0.0953. The summed E-state index contributed by atoms with van der Waals surface area (Å²) in [5, 5.41) is 0.349. The molecule has 1 amide bonds. The van der Waals surface area contributed by atoms with Crippen LogP contribution in [0.4, 0.5) is 5.69 Å². The van der Waals surface area contributed by atoms with E-state index in [1.165, 1.54) is 12.1 Å². The van der Waals surface area contributed by atoms with E-state index in [9.17, 15) is 13.2 Å². The molecule has 6 nitrogen and oxygen atoms in total. The number of hydrogen-bond acceptors (Lipinski definition) is 4. The molecular weight excluding hydrogens is 376 g/mol. The Morgan fingerprint density at radius 2 is 1.96 bits per heavy atom. The van der Waals surface area contributed by atoms with Gasteiger partial charge in [0.25, 0.3) is 15.9 Å². The summed E-state index contributed by atoms with van der Waals surface area (Å²) in [6, 6.07) is 8.08. The Morgan fingerprint density at radius 1 is 1.23 bits per heavy atom. The zero-order valence-electron chi connectivity index (χ0n) is 14.9. The Labute approximate surface area is 158 Å². The number of halogens is 1. The molecular formula is C18H21ClN2O4S. The van der Waals surface area contributed by atoms with Gasteiger partial charge in [0.15, 0.2) is 5.76 Å². The molecule has 8 heteroatoms. The molecule has 0 bridgehead atoms. The van der Waals surface area contributed by atoms with Crippen molar-refractivity contribution in [2.24, 2.45) is 0 Å². The lowest BCUT2D eigenvalue weighted by Gasteiger charge is -2.28. The van der Waals surface area contributed by atoms with Crippen molar-refractivity contribution in [3.05, 3.63) is 46.7 Å². The molecule has 0 fully saturated rings. The lowest BCUT2D eigenvalue weighted by atomic mass is 10.0. The van der Waals surface area contributed by atoms with Gasteiger partial charge in [0.1, 0.15) is 0 Å². The number of amides is 1. The third-order valence-corrected chi connectivity index (χ3v) is 5.77. The van der Waals surface area contributed by atoms with Crippen LogP contribution >= 0.6 is 11.6 Å². The second-order valence-electron chi connectivity index (χ2n) is 7.31. The summed E-state index contributed by atoms with van der Waals surface area (Å²) in [7, 11) is -3.83.